The molecule has 0 radical (unpaired) electrons. The molecule has 0 bridgehead atoms. The first kappa shape index (κ1) is 39.4. The van der Waals surface area contributed by atoms with Crippen LogP contribution >= 0.6 is 23.2 Å². The Labute approximate surface area is 307 Å². The molecule has 4 N–H and O–H groups in total. The number of aromatic nitrogens is 2. The van der Waals surface area contributed by atoms with Gasteiger partial charge in [-0.25, -0.2) is 4.68 Å². The number of nitrogens with zero attached hydrogens (tertiary/aromatic N) is 7. The number of hydrogen-bond donors (Lipinski definition) is 4. The summed E-state index contributed by atoms with van der Waals surface area (Å²) in [6, 6.07) is 15.6. The highest BCUT2D eigenvalue weighted by Gasteiger charge is 2.24. The van der Waals surface area contributed by atoms with Crippen molar-refractivity contribution in [3.63, 3.8) is 0 Å². The average Bonchev–Trinajstić information content (AvgIpc) is 3.41. The molecular weight excluding hydrogens is 761 g/mol. The number of benzene rings is 3. The van der Waals surface area contributed by atoms with E-state index >= 15 is 0 Å². The minimum absolute atomic E-state index is 0.0532. The Hall–Kier alpha value is -5.41. The monoisotopic (exact) mass is 787 g/mol. The largest absolute Gasteiger partial charge is 0.372 e. The number of azo groups is 1. The van der Waals surface area contributed by atoms with Crippen molar-refractivity contribution in [3.8, 4) is 17.8 Å². The second kappa shape index (κ2) is 16.3. The van der Waals surface area contributed by atoms with Crippen molar-refractivity contribution in [3.05, 3.63) is 81.5 Å². The fraction of sp³-hybridized carbons (Fsp3) is 0.194. The maximum Gasteiger partial charge on any atom is 0.294 e. The predicted molar refractivity (Wildman–Crippen MR) is 191 cm³/mol. The summed E-state index contributed by atoms with van der Waals surface area (Å²) in [6.45, 7) is 3.83. The van der Waals surface area contributed by atoms with Gasteiger partial charge in [-0.3, -0.25) is 18.7 Å². The van der Waals surface area contributed by atoms with E-state index in [9.17, 15) is 41.5 Å². The molecule has 0 atom stereocenters. The van der Waals surface area contributed by atoms with Crippen molar-refractivity contribution in [1.82, 2.24) is 9.78 Å². The molecule has 0 spiro atoms. The Bertz CT molecular complexity index is 2380. The molecule has 4 aromatic rings. The molecule has 0 unspecified atom stereocenters. The average molecular weight is 789 g/mol. The van der Waals surface area contributed by atoms with Crippen LogP contribution in [-0.2, 0) is 25.0 Å². The Morgan fingerprint density at radius 1 is 0.981 bits per heavy atom. The molecule has 2 amide bonds. The van der Waals surface area contributed by atoms with Crippen LogP contribution in [0.5, 0.6) is 0 Å². The topological polar surface area (TPSA) is 260 Å². The van der Waals surface area contributed by atoms with Gasteiger partial charge in [-0.15, -0.1) is 10.2 Å². The van der Waals surface area contributed by atoms with Gasteiger partial charge in [0.2, 0.25) is 5.91 Å². The van der Waals surface area contributed by atoms with Gasteiger partial charge < -0.3 is 15.5 Å². The van der Waals surface area contributed by atoms with Gasteiger partial charge >= 0.3 is 0 Å². The molecule has 0 aliphatic heterocycles. The van der Waals surface area contributed by atoms with E-state index in [1.807, 2.05) is 17.9 Å². The molecule has 270 valence electrons. The quantitative estimate of drug-likeness (QED) is 0.0912. The number of carbonyl (C=O) groups is 2. The van der Waals surface area contributed by atoms with E-state index < -0.39 is 42.7 Å². The zero-order valence-electron chi connectivity index (χ0n) is 27.1. The Kier molecular flexibility index (Phi) is 12.3. The van der Waals surface area contributed by atoms with E-state index in [1.54, 1.807) is 18.2 Å². The van der Waals surface area contributed by atoms with Crippen molar-refractivity contribution in [2.45, 2.75) is 25.2 Å². The van der Waals surface area contributed by atoms with Crippen molar-refractivity contribution in [1.29, 1.82) is 10.5 Å². The highest BCUT2D eigenvalue weighted by Crippen LogP contribution is 2.38. The third-order valence-electron chi connectivity index (χ3n) is 7.08. The molecule has 0 aliphatic rings. The lowest BCUT2D eigenvalue weighted by Gasteiger charge is -2.24. The summed E-state index contributed by atoms with van der Waals surface area (Å²) in [7, 11) is -8.73. The molecule has 21 heteroatoms. The van der Waals surface area contributed by atoms with Gasteiger partial charge in [0, 0.05) is 37.0 Å². The summed E-state index contributed by atoms with van der Waals surface area (Å²) < 4.78 is 64.8. The van der Waals surface area contributed by atoms with E-state index in [0.29, 0.717) is 12.2 Å². The number of hydrogen-bond acceptors (Lipinski definition) is 12. The third-order valence-corrected chi connectivity index (χ3v) is 9.31. The van der Waals surface area contributed by atoms with Crippen LogP contribution in [-0.4, -0.2) is 66.4 Å². The minimum Gasteiger partial charge on any atom is -0.372 e. The van der Waals surface area contributed by atoms with Crippen molar-refractivity contribution >= 4 is 83.8 Å². The Balaban J connectivity index is 1.72. The van der Waals surface area contributed by atoms with Gasteiger partial charge in [0.1, 0.15) is 29.1 Å². The zero-order chi connectivity index (χ0) is 38.4. The lowest BCUT2D eigenvalue weighted by molar-refractivity contribution is -0.114. The van der Waals surface area contributed by atoms with E-state index in [1.165, 1.54) is 37.3 Å². The van der Waals surface area contributed by atoms with Crippen LogP contribution < -0.4 is 15.5 Å². The molecule has 4 rings (SSSR count). The first-order chi connectivity index (χ1) is 24.4. The Morgan fingerprint density at radius 3 is 2.25 bits per heavy atom. The van der Waals surface area contributed by atoms with E-state index in [4.69, 9.17) is 27.8 Å². The summed E-state index contributed by atoms with van der Waals surface area (Å²) in [6.07, 6.45) is 0.134. The van der Waals surface area contributed by atoms with Crippen LogP contribution in [0.1, 0.15) is 41.9 Å². The maximum atomic E-state index is 12.9. The Morgan fingerprint density at radius 2 is 1.67 bits per heavy atom. The van der Waals surface area contributed by atoms with Gasteiger partial charge in [0.15, 0.2) is 11.5 Å². The molecule has 52 heavy (non-hydrogen) atoms. The summed E-state index contributed by atoms with van der Waals surface area (Å²) in [5.74, 6) is -1.92. The molecule has 3 aromatic carbocycles. The second-order valence-electron chi connectivity index (χ2n) is 10.7. The predicted octanol–water partition coefficient (Wildman–Crippen LogP) is 5.90. The maximum absolute atomic E-state index is 12.9. The molecule has 1 aromatic heterocycles. The van der Waals surface area contributed by atoms with E-state index in [2.05, 4.69) is 26.0 Å². The molecular formula is C31H27Cl2N9O8S2. The number of nitrogens with one attached hydrogen (secondary N) is 2. The van der Waals surface area contributed by atoms with Crippen molar-refractivity contribution < 1.29 is 35.5 Å². The zero-order valence-corrected chi connectivity index (χ0v) is 30.2. The van der Waals surface area contributed by atoms with Crippen LogP contribution in [0.15, 0.2) is 69.7 Å². The summed E-state index contributed by atoms with van der Waals surface area (Å²) in [4.78, 5) is 26.3. The highest BCUT2D eigenvalue weighted by atomic mass is 35.5. The van der Waals surface area contributed by atoms with Crippen LogP contribution in [0.4, 0.5) is 28.6 Å². The number of rotatable bonds is 13. The SMILES string of the molecule is CCN(CCCS(=O)(=O)O)c1ccc(/N=N/c2c(C#N)c(C#N)nn2-c2c(Cl)cc(NC(=O)c3cccc(S(=O)(=O)O)c3)cc2Cl)c(NC(C)=O)c1. The first-order valence-electron chi connectivity index (χ1n) is 14.8. The molecule has 0 aliphatic carbocycles. The van der Waals surface area contributed by atoms with Crippen LogP contribution in [0, 0.1) is 22.7 Å². The van der Waals surface area contributed by atoms with Gasteiger partial charge in [-0.1, -0.05) is 29.3 Å². The van der Waals surface area contributed by atoms with Gasteiger partial charge in [-0.2, -0.15) is 32.5 Å². The van der Waals surface area contributed by atoms with Crippen molar-refractivity contribution in [2.75, 3.05) is 34.4 Å². The highest BCUT2D eigenvalue weighted by molar-refractivity contribution is 7.86. The molecule has 0 fully saturated rings. The smallest absolute Gasteiger partial charge is 0.294 e. The number of halogens is 2. The summed E-state index contributed by atoms with van der Waals surface area (Å²) in [5, 5.41) is 37.1. The molecule has 1 heterocycles. The lowest BCUT2D eigenvalue weighted by Crippen LogP contribution is -2.25. The van der Waals surface area contributed by atoms with Crippen molar-refractivity contribution in [2.24, 2.45) is 10.2 Å². The number of nitriles is 2. The number of anilines is 3. The number of carbonyl (C=O) groups excluding carboxylic acids is 2. The van der Waals surface area contributed by atoms with Crippen LogP contribution in [0.2, 0.25) is 10.0 Å². The first-order valence-corrected chi connectivity index (χ1v) is 18.6. The molecule has 0 saturated heterocycles. The third kappa shape index (κ3) is 9.67. The standard InChI is InChI=1S/C31H27Cl2N9O8S2/c1-3-41(10-5-11-51(45,46)47)21-8-9-26(27(15-21)36-18(2)43)38-39-30-23(16-34)28(17-35)40-42(30)29-24(32)13-20(14-25(29)33)37-31(44)19-6-4-7-22(12-19)52(48,49)50/h4,6-9,12-15H,3,5,10-11H2,1-2H3,(H,36,43)(H,37,44)(H,45,46,47)(H,48,49,50)/b39-38+. The van der Waals surface area contributed by atoms with Gasteiger partial charge in [-0.05, 0) is 61.9 Å². The van der Waals surface area contributed by atoms with Gasteiger partial charge in [0.25, 0.3) is 26.1 Å². The van der Waals surface area contributed by atoms with Crippen LogP contribution in [0.25, 0.3) is 5.69 Å². The van der Waals surface area contributed by atoms with E-state index in [-0.39, 0.29) is 68.4 Å². The van der Waals surface area contributed by atoms with Crippen LogP contribution in [0.3, 0.4) is 0 Å². The second-order valence-corrected chi connectivity index (χ2v) is 14.5. The number of amides is 2. The summed E-state index contributed by atoms with van der Waals surface area (Å²) in [5.41, 5.74) is 0.182. The molecule has 17 nitrogen and oxygen atoms in total. The summed E-state index contributed by atoms with van der Waals surface area (Å²) >= 11 is 13.2. The minimum atomic E-state index is -4.57. The normalized spacial score (nSPS) is 11.5. The molecule has 0 saturated carbocycles. The fourth-order valence-electron chi connectivity index (χ4n) is 4.79. The fourth-order valence-corrected chi connectivity index (χ4v) is 6.45. The van der Waals surface area contributed by atoms with E-state index in [0.717, 1.165) is 16.8 Å². The van der Waals surface area contributed by atoms with Gasteiger partial charge in [0.05, 0.1) is 26.4 Å². The lowest BCUT2D eigenvalue weighted by atomic mass is 10.2.